The third-order valence-electron chi connectivity index (χ3n) is 3.30. The van der Waals surface area contributed by atoms with E-state index in [2.05, 4.69) is 31.9 Å². The predicted octanol–water partition coefficient (Wildman–Crippen LogP) is 6.14. The highest BCUT2D eigenvalue weighted by atomic mass is 79.9. The van der Waals surface area contributed by atoms with Gasteiger partial charge in [-0.15, -0.1) is 0 Å². The number of rotatable bonds is 2. The Balaban J connectivity index is 2.57. The van der Waals surface area contributed by atoms with E-state index >= 15 is 0 Å². The first-order valence-corrected chi connectivity index (χ1v) is 7.88. The molecular weight excluding hydrogens is 390 g/mol. The summed E-state index contributed by atoms with van der Waals surface area (Å²) in [6, 6.07) is 6.49. The Morgan fingerprint density at radius 2 is 1.45 bits per heavy atom. The van der Waals surface area contributed by atoms with E-state index in [1.807, 2.05) is 32.9 Å². The highest BCUT2D eigenvalue weighted by molar-refractivity contribution is 9.10. The summed E-state index contributed by atoms with van der Waals surface area (Å²) in [7, 11) is 0. The standard InChI is InChI=1S/C16H14Br2F2/c1-8-4-9(2)15(10(3)5-8)16(18)11-6-14(20)12(17)7-13(11)19/h4-7,16H,1-3H3. The zero-order valence-corrected chi connectivity index (χ0v) is 14.6. The molecular formula is C16H14Br2F2. The van der Waals surface area contributed by atoms with Gasteiger partial charge in [-0.3, -0.25) is 0 Å². The van der Waals surface area contributed by atoms with E-state index in [4.69, 9.17) is 0 Å². The molecule has 0 aliphatic carbocycles. The molecule has 0 bridgehead atoms. The van der Waals surface area contributed by atoms with Crippen molar-refractivity contribution in [2.45, 2.75) is 25.6 Å². The third kappa shape index (κ3) is 2.96. The van der Waals surface area contributed by atoms with Gasteiger partial charge in [0.05, 0.1) is 9.30 Å². The van der Waals surface area contributed by atoms with Crippen LogP contribution in [0.2, 0.25) is 0 Å². The first kappa shape index (κ1) is 15.6. The minimum Gasteiger partial charge on any atom is -0.207 e. The molecule has 20 heavy (non-hydrogen) atoms. The molecule has 0 N–H and O–H groups in total. The van der Waals surface area contributed by atoms with Crippen molar-refractivity contribution >= 4 is 31.9 Å². The van der Waals surface area contributed by atoms with Crippen LogP contribution >= 0.6 is 31.9 Å². The minimum atomic E-state index is -0.465. The van der Waals surface area contributed by atoms with Crippen LogP contribution in [0.1, 0.15) is 32.6 Å². The monoisotopic (exact) mass is 402 g/mol. The van der Waals surface area contributed by atoms with Crippen LogP contribution in [0.15, 0.2) is 28.7 Å². The number of hydrogen-bond acceptors (Lipinski definition) is 0. The molecule has 0 radical (unpaired) electrons. The van der Waals surface area contributed by atoms with Crippen LogP contribution in [0, 0.1) is 32.4 Å². The van der Waals surface area contributed by atoms with Gasteiger partial charge in [0.2, 0.25) is 0 Å². The van der Waals surface area contributed by atoms with E-state index in [1.165, 1.54) is 6.07 Å². The van der Waals surface area contributed by atoms with Crippen molar-refractivity contribution in [3.63, 3.8) is 0 Å². The minimum absolute atomic E-state index is 0.135. The van der Waals surface area contributed by atoms with Crippen LogP contribution in [0.3, 0.4) is 0 Å². The van der Waals surface area contributed by atoms with Gasteiger partial charge < -0.3 is 0 Å². The molecule has 0 aliphatic rings. The maximum Gasteiger partial charge on any atom is 0.137 e. The molecule has 106 valence electrons. The van der Waals surface area contributed by atoms with E-state index in [0.717, 1.165) is 28.3 Å². The van der Waals surface area contributed by atoms with Crippen LogP contribution < -0.4 is 0 Å². The second kappa shape index (κ2) is 5.94. The fraction of sp³-hybridized carbons (Fsp3) is 0.250. The summed E-state index contributed by atoms with van der Waals surface area (Å²) in [5.74, 6) is -0.896. The Morgan fingerprint density at radius 1 is 0.900 bits per heavy atom. The van der Waals surface area contributed by atoms with Gasteiger partial charge in [0, 0.05) is 5.56 Å². The van der Waals surface area contributed by atoms with Crippen molar-refractivity contribution in [1.29, 1.82) is 0 Å². The lowest BCUT2D eigenvalue weighted by Gasteiger charge is -2.18. The summed E-state index contributed by atoms with van der Waals surface area (Å²) in [6.07, 6.45) is 0. The summed E-state index contributed by atoms with van der Waals surface area (Å²) in [4.78, 5) is -0.370. The Labute approximate surface area is 134 Å². The summed E-state index contributed by atoms with van der Waals surface area (Å²) < 4.78 is 27.9. The average Bonchev–Trinajstić information content (AvgIpc) is 2.32. The van der Waals surface area contributed by atoms with Crippen molar-refractivity contribution in [3.05, 3.63) is 68.2 Å². The van der Waals surface area contributed by atoms with Crippen LogP contribution in [-0.4, -0.2) is 0 Å². The largest absolute Gasteiger partial charge is 0.207 e. The molecule has 0 nitrogen and oxygen atoms in total. The molecule has 2 aromatic carbocycles. The third-order valence-corrected chi connectivity index (χ3v) is 4.86. The smallest absolute Gasteiger partial charge is 0.137 e. The van der Waals surface area contributed by atoms with E-state index < -0.39 is 11.6 Å². The Bertz CT molecular complexity index is 643. The molecule has 1 atom stereocenters. The van der Waals surface area contributed by atoms with Gasteiger partial charge in [0.25, 0.3) is 0 Å². The Morgan fingerprint density at radius 3 is 2.00 bits per heavy atom. The Hall–Kier alpha value is -0.740. The van der Waals surface area contributed by atoms with Crippen LogP contribution in [-0.2, 0) is 0 Å². The lowest BCUT2D eigenvalue weighted by atomic mass is 9.94. The summed E-state index contributed by atoms with van der Waals surface area (Å²) >= 11 is 6.50. The maximum absolute atomic E-state index is 14.1. The number of hydrogen-bond donors (Lipinski definition) is 0. The van der Waals surface area contributed by atoms with Gasteiger partial charge in [-0.2, -0.15) is 0 Å². The molecule has 0 heterocycles. The number of alkyl halides is 1. The van der Waals surface area contributed by atoms with Crippen LogP contribution in [0.5, 0.6) is 0 Å². The fourth-order valence-electron chi connectivity index (χ4n) is 2.48. The van der Waals surface area contributed by atoms with Crippen molar-refractivity contribution in [1.82, 2.24) is 0 Å². The van der Waals surface area contributed by atoms with E-state index in [1.54, 1.807) is 0 Å². The molecule has 0 fully saturated rings. The molecule has 2 rings (SSSR count). The summed E-state index contributed by atoms with van der Waals surface area (Å²) in [5.41, 5.74) is 4.57. The van der Waals surface area contributed by atoms with Crippen molar-refractivity contribution in [2.24, 2.45) is 0 Å². The lowest BCUT2D eigenvalue weighted by Crippen LogP contribution is -2.03. The fourth-order valence-corrected chi connectivity index (χ4v) is 3.87. The highest BCUT2D eigenvalue weighted by Crippen LogP contribution is 2.38. The summed E-state index contributed by atoms with van der Waals surface area (Å²) in [5, 5.41) is 0. The molecule has 0 amide bonds. The second-order valence-electron chi connectivity index (χ2n) is 4.96. The molecule has 1 unspecified atom stereocenters. The first-order valence-electron chi connectivity index (χ1n) is 6.17. The first-order chi connectivity index (χ1) is 9.31. The number of aryl methyl sites for hydroxylation is 3. The quantitative estimate of drug-likeness (QED) is 0.417. The van der Waals surface area contributed by atoms with Gasteiger partial charge in [-0.25, -0.2) is 8.78 Å². The van der Waals surface area contributed by atoms with Crippen LogP contribution in [0.25, 0.3) is 0 Å². The van der Waals surface area contributed by atoms with Gasteiger partial charge in [0.1, 0.15) is 11.6 Å². The maximum atomic E-state index is 14.1. The lowest BCUT2D eigenvalue weighted by molar-refractivity contribution is 0.583. The van der Waals surface area contributed by atoms with Gasteiger partial charge in [0.15, 0.2) is 0 Å². The van der Waals surface area contributed by atoms with Gasteiger partial charge in [-0.05, 0) is 65.5 Å². The SMILES string of the molecule is Cc1cc(C)c(C(Br)c2cc(F)c(Br)cc2F)c(C)c1. The van der Waals surface area contributed by atoms with E-state index in [0.29, 0.717) is 5.56 Å². The summed E-state index contributed by atoms with van der Waals surface area (Å²) in [6.45, 7) is 5.99. The van der Waals surface area contributed by atoms with Gasteiger partial charge >= 0.3 is 0 Å². The average molecular weight is 404 g/mol. The van der Waals surface area contributed by atoms with Crippen LogP contribution in [0.4, 0.5) is 8.78 Å². The molecule has 0 spiro atoms. The molecule has 0 saturated carbocycles. The Kier molecular flexibility index (Phi) is 4.65. The zero-order valence-electron chi connectivity index (χ0n) is 11.4. The highest BCUT2D eigenvalue weighted by Gasteiger charge is 2.20. The second-order valence-corrected chi connectivity index (χ2v) is 6.73. The van der Waals surface area contributed by atoms with E-state index in [9.17, 15) is 8.78 Å². The molecule has 4 heteroatoms. The van der Waals surface area contributed by atoms with E-state index in [-0.39, 0.29) is 9.30 Å². The molecule has 0 saturated heterocycles. The predicted molar refractivity (Wildman–Crippen MR) is 85.5 cm³/mol. The normalized spacial score (nSPS) is 12.6. The molecule has 2 aromatic rings. The number of benzene rings is 2. The van der Waals surface area contributed by atoms with Gasteiger partial charge in [-0.1, -0.05) is 33.6 Å². The number of halogens is 4. The zero-order chi connectivity index (χ0) is 15.0. The molecule has 0 aliphatic heterocycles. The van der Waals surface area contributed by atoms with Crippen molar-refractivity contribution in [2.75, 3.05) is 0 Å². The van der Waals surface area contributed by atoms with Crippen molar-refractivity contribution in [3.8, 4) is 0 Å². The van der Waals surface area contributed by atoms with Crippen molar-refractivity contribution < 1.29 is 8.78 Å². The topological polar surface area (TPSA) is 0 Å². The molecule has 0 aromatic heterocycles.